The molecule has 10 nitrogen and oxygen atoms in total. The molecule has 1 saturated heterocycles. The quantitative estimate of drug-likeness (QED) is 0.652. The van der Waals surface area contributed by atoms with Crippen molar-refractivity contribution >= 4 is 22.0 Å². The molecule has 3 heterocycles. The van der Waals surface area contributed by atoms with Crippen molar-refractivity contribution in [1.29, 1.82) is 0 Å². The molecule has 0 radical (unpaired) electrons. The summed E-state index contributed by atoms with van der Waals surface area (Å²) < 4.78 is 42.1. The van der Waals surface area contributed by atoms with Crippen LogP contribution in [0.3, 0.4) is 0 Å². The van der Waals surface area contributed by atoms with Gasteiger partial charge in [0.15, 0.2) is 0 Å². The van der Waals surface area contributed by atoms with Gasteiger partial charge in [-0.15, -0.1) is 0 Å². The number of nitrogens with zero attached hydrogens (tertiary/aromatic N) is 4. The van der Waals surface area contributed by atoms with Gasteiger partial charge in [0, 0.05) is 31.2 Å². The molecule has 1 saturated carbocycles. The number of nitrogens with two attached hydrogens (primary N) is 1. The average molecular weight is 491 g/mol. The predicted molar refractivity (Wildman–Crippen MR) is 122 cm³/mol. The van der Waals surface area contributed by atoms with Crippen molar-refractivity contribution in [2.75, 3.05) is 19.6 Å². The summed E-state index contributed by atoms with van der Waals surface area (Å²) in [7, 11) is -3.23. The average Bonchev–Trinajstić information content (AvgIpc) is 3.60. The molecule has 2 aliphatic heterocycles. The highest BCUT2D eigenvalue weighted by atomic mass is 32.2. The zero-order valence-electron chi connectivity index (χ0n) is 18.6. The van der Waals surface area contributed by atoms with Crippen LogP contribution in [0.25, 0.3) is 11.3 Å². The fourth-order valence-corrected chi connectivity index (χ4v) is 6.54. The van der Waals surface area contributed by atoms with Crippen LogP contribution in [0.5, 0.6) is 0 Å². The Morgan fingerprint density at radius 3 is 2.47 bits per heavy atom. The first kappa shape index (κ1) is 22.8. The molecule has 1 aromatic heterocycles. The fraction of sp³-hybridized carbons (Fsp3) is 0.500. The third-order valence-corrected chi connectivity index (χ3v) is 9.11. The summed E-state index contributed by atoms with van der Waals surface area (Å²) in [5.74, 6) is -0.826. The largest absolute Gasteiger partial charge is 0.351 e. The zero-order valence-corrected chi connectivity index (χ0v) is 19.4. The van der Waals surface area contributed by atoms with Crippen molar-refractivity contribution in [3.63, 3.8) is 0 Å². The van der Waals surface area contributed by atoms with Crippen LogP contribution in [0.15, 0.2) is 24.3 Å². The van der Waals surface area contributed by atoms with Crippen LogP contribution >= 0.6 is 0 Å². The highest BCUT2D eigenvalue weighted by molar-refractivity contribution is 7.90. The van der Waals surface area contributed by atoms with E-state index in [2.05, 4.69) is 10.4 Å². The lowest BCUT2D eigenvalue weighted by molar-refractivity contribution is 0.0921. The second-order valence-electron chi connectivity index (χ2n) is 9.05. The number of rotatable bonds is 5. The molecule has 3 N–H and O–H groups in total. The minimum absolute atomic E-state index is 0.123. The first-order valence-electron chi connectivity index (χ1n) is 11.4. The highest BCUT2D eigenvalue weighted by Crippen LogP contribution is 2.33. The van der Waals surface area contributed by atoms with Crippen molar-refractivity contribution in [3.8, 4) is 11.3 Å². The lowest BCUT2D eigenvalue weighted by Gasteiger charge is -2.32. The minimum atomic E-state index is -3.23. The second kappa shape index (κ2) is 8.66. The van der Waals surface area contributed by atoms with E-state index in [0.29, 0.717) is 56.0 Å². The lowest BCUT2D eigenvalue weighted by Crippen LogP contribution is -2.47. The van der Waals surface area contributed by atoms with Crippen LogP contribution in [0.4, 0.5) is 9.18 Å². The van der Waals surface area contributed by atoms with Gasteiger partial charge in [-0.1, -0.05) is 12.1 Å². The lowest BCUT2D eigenvalue weighted by atomic mass is 10.0. The van der Waals surface area contributed by atoms with Gasteiger partial charge in [0.1, 0.15) is 11.5 Å². The number of amides is 3. The number of carbonyl (C=O) groups is 2. The Morgan fingerprint density at radius 1 is 1.09 bits per heavy atom. The van der Waals surface area contributed by atoms with Gasteiger partial charge in [0.2, 0.25) is 10.0 Å². The molecule has 0 spiro atoms. The van der Waals surface area contributed by atoms with Crippen molar-refractivity contribution in [2.24, 2.45) is 5.73 Å². The molecule has 34 heavy (non-hydrogen) atoms. The maximum absolute atomic E-state index is 13.9. The number of carbonyl (C=O) groups excluding carboxylic acids is 2. The number of halogens is 1. The molecule has 0 atom stereocenters. The number of fused-ring (bicyclic) bond motifs is 1. The smallest absolute Gasteiger partial charge is 0.315 e. The van der Waals surface area contributed by atoms with Crippen molar-refractivity contribution in [2.45, 2.75) is 50.1 Å². The molecule has 2 aromatic rings. The predicted octanol–water partition coefficient (Wildman–Crippen LogP) is 1.27. The zero-order chi connectivity index (χ0) is 24.0. The van der Waals surface area contributed by atoms with E-state index in [4.69, 9.17) is 5.73 Å². The van der Waals surface area contributed by atoms with Crippen molar-refractivity contribution in [3.05, 3.63) is 41.3 Å². The van der Waals surface area contributed by atoms with E-state index in [9.17, 15) is 22.4 Å². The van der Waals surface area contributed by atoms with E-state index in [1.165, 1.54) is 21.3 Å². The summed E-state index contributed by atoms with van der Waals surface area (Å²) in [5, 5.41) is 7.33. The van der Waals surface area contributed by atoms with E-state index in [1.807, 2.05) is 0 Å². The van der Waals surface area contributed by atoms with Crippen LogP contribution in [-0.4, -0.2) is 70.3 Å². The Balaban J connectivity index is 1.39. The number of benzene rings is 1. The normalized spacial score (nSPS) is 19.6. The number of hydrogen-bond acceptors (Lipinski definition) is 5. The summed E-state index contributed by atoms with van der Waals surface area (Å²) in [4.78, 5) is 26.7. The van der Waals surface area contributed by atoms with E-state index in [1.54, 1.807) is 16.8 Å². The molecule has 3 amide bonds. The third kappa shape index (κ3) is 4.27. The fourth-order valence-electron chi connectivity index (χ4n) is 4.67. The van der Waals surface area contributed by atoms with E-state index in [-0.39, 0.29) is 29.3 Å². The number of hydrogen-bond donors (Lipinski definition) is 2. The standard InChI is InChI=1S/C22H27FN6O4S/c23-15-3-1-2-14(12-15)20-19(18-13-27(22(24)31)10-11-29(18)26-20)21(30)25-16-6-8-28(9-7-16)34(32,33)17-4-5-17/h1-3,12,16-17H,4-11,13H2,(H2,24,31)(H,25,30). The molecule has 5 rings (SSSR count). The van der Waals surface area contributed by atoms with Gasteiger partial charge < -0.3 is 16.0 Å². The molecule has 0 bridgehead atoms. The molecule has 3 aliphatic rings. The number of urea groups is 1. The van der Waals surface area contributed by atoms with Gasteiger partial charge in [-0.05, 0) is 37.8 Å². The van der Waals surface area contributed by atoms with Gasteiger partial charge in [-0.25, -0.2) is 21.9 Å². The van der Waals surface area contributed by atoms with E-state index in [0.717, 1.165) is 12.8 Å². The van der Waals surface area contributed by atoms with Gasteiger partial charge in [-0.3, -0.25) is 9.48 Å². The number of piperidine rings is 1. The Labute approximate surface area is 196 Å². The Morgan fingerprint density at radius 2 is 1.82 bits per heavy atom. The van der Waals surface area contributed by atoms with E-state index < -0.39 is 21.9 Å². The number of primary amides is 1. The second-order valence-corrected chi connectivity index (χ2v) is 11.3. The molecule has 1 aromatic carbocycles. The Kier molecular flexibility index (Phi) is 5.80. The molecule has 1 aliphatic carbocycles. The van der Waals surface area contributed by atoms with Crippen LogP contribution in [0, 0.1) is 5.82 Å². The van der Waals surface area contributed by atoms with Crippen LogP contribution in [0.2, 0.25) is 0 Å². The summed E-state index contributed by atoms with van der Waals surface area (Å²) in [5.41, 5.74) is 7.09. The SMILES string of the molecule is NC(=O)N1CCn2nc(-c3cccc(F)c3)c(C(=O)NC3CCN(S(=O)(=O)C4CC4)CC3)c2C1. The molecule has 182 valence electrons. The summed E-state index contributed by atoms with van der Waals surface area (Å²) >= 11 is 0. The van der Waals surface area contributed by atoms with Gasteiger partial charge >= 0.3 is 6.03 Å². The van der Waals surface area contributed by atoms with Gasteiger partial charge in [-0.2, -0.15) is 5.10 Å². The molecular formula is C22H27FN6O4S. The van der Waals surface area contributed by atoms with Crippen LogP contribution in [-0.2, 0) is 23.1 Å². The number of nitrogens with one attached hydrogen (secondary N) is 1. The molecule has 0 unspecified atom stereocenters. The summed E-state index contributed by atoms with van der Waals surface area (Å²) in [6, 6.07) is 5.08. The maximum atomic E-state index is 13.9. The Bertz CT molecular complexity index is 1230. The van der Waals surface area contributed by atoms with Gasteiger partial charge in [0.05, 0.1) is 29.6 Å². The topological polar surface area (TPSA) is 131 Å². The summed E-state index contributed by atoms with van der Waals surface area (Å²) in [6.07, 6.45) is 2.45. The minimum Gasteiger partial charge on any atom is -0.351 e. The highest BCUT2D eigenvalue weighted by Gasteiger charge is 2.41. The monoisotopic (exact) mass is 490 g/mol. The first-order valence-corrected chi connectivity index (χ1v) is 12.9. The summed E-state index contributed by atoms with van der Waals surface area (Å²) in [6.45, 7) is 1.58. The van der Waals surface area contributed by atoms with Crippen molar-refractivity contribution in [1.82, 2.24) is 24.3 Å². The number of aromatic nitrogens is 2. The van der Waals surface area contributed by atoms with Crippen molar-refractivity contribution < 1.29 is 22.4 Å². The van der Waals surface area contributed by atoms with Crippen LogP contribution in [0.1, 0.15) is 41.7 Å². The molecule has 2 fully saturated rings. The van der Waals surface area contributed by atoms with Crippen LogP contribution < -0.4 is 11.1 Å². The molecule has 12 heteroatoms. The Hall–Kier alpha value is -2.99. The third-order valence-electron chi connectivity index (χ3n) is 6.71. The first-order chi connectivity index (χ1) is 16.2. The van der Waals surface area contributed by atoms with Gasteiger partial charge in [0.25, 0.3) is 5.91 Å². The number of sulfonamides is 1. The van der Waals surface area contributed by atoms with E-state index >= 15 is 0 Å². The molecular weight excluding hydrogens is 463 g/mol. The maximum Gasteiger partial charge on any atom is 0.315 e.